The Morgan fingerprint density at radius 3 is 3.50 bits per heavy atom. The fraction of sp³-hybridized carbons (Fsp3) is 0.667. The van der Waals surface area contributed by atoms with Gasteiger partial charge in [0.15, 0.2) is 0 Å². The lowest BCUT2D eigenvalue weighted by atomic mass is 10.00. The van der Waals surface area contributed by atoms with Gasteiger partial charge in [0.2, 0.25) is 0 Å². The van der Waals surface area contributed by atoms with Gasteiger partial charge in [-0.15, -0.1) is 0 Å². The first-order chi connectivity index (χ1) is 5.90. The molecule has 2 rings (SSSR count). The fourth-order valence-electron chi connectivity index (χ4n) is 1.89. The number of aromatic nitrogens is 2. The minimum absolute atomic E-state index is 0.789. The topological polar surface area (TPSA) is 29.9 Å². The van der Waals surface area contributed by atoms with Crippen molar-refractivity contribution in [2.24, 2.45) is 5.92 Å². The lowest BCUT2D eigenvalue weighted by Gasteiger charge is -2.23. The molecule has 0 amide bonds. The summed E-state index contributed by atoms with van der Waals surface area (Å²) in [5, 5.41) is 3.23. The minimum atomic E-state index is 0.789. The lowest BCUT2D eigenvalue weighted by Crippen LogP contribution is -2.27. The van der Waals surface area contributed by atoms with Crippen molar-refractivity contribution in [3.8, 4) is 0 Å². The van der Waals surface area contributed by atoms with Gasteiger partial charge in [-0.3, -0.25) is 0 Å². The van der Waals surface area contributed by atoms with Crippen LogP contribution in [0.25, 0.3) is 0 Å². The monoisotopic (exact) mass is 165 g/mol. The van der Waals surface area contributed by atoms with E-state index in [1.165, 1.54) is 12.2 Å². The smallest absolute Gasteiger partial charge is 0.108 e. The summed E-state index contributed by atoms with van der Waals surface area (Å²) in [6.07, 6.45) is 6.39. The van der Waals surface area contributed by atoms with Gasteiger partial charge in [-0.1, -0.05) is 0 Å². The molecule has 0 bridgehead atoms. The van der Waals surface area contributed by atoms with Crippen LogP contribution in [-0.4, -0.2) is 23.1 Å². The van der Waals surface area contributed by atoms with Gasteiger partial charge in [-0.25, -0.2) is 4.98 Å². The summed E-state index contributed by atoms with van der Waals surface area (Å²) >= 11 is 0. The molecule has 12 heavy (non-hydrogen) atoms. The zero-order valence-electron chi connectivity index (χ0n) is 7.45. The van der Waals surface area contributed by atoms with Crippen LogP contribution in [0, 0.1) is 5.92 Å². The second-order valence-electron chi connectivity index (χ2n) is 3.46. The van der Waals surface area contributed by atoms with E-state index in [9.17, 15) is 0 Å². The summed E-state index contributed by atoms with van der Waals surface area (Å²) in [5.41, 5.74) is 0. The standard InChI is InChI=1S/C9H15N3/c1-10-6-8-2-3-9-11-4-5-12(9)7-8/h4-5,8,10H,2-3,6-7H2,1H3. The molecule has 1 aromatic rings. The molecule has 1 aromatic heterocycles. The minimum Gasteiger partial charge on any atom is -0.335 e. The van der Waals surface area contributed by atoms with Gasteiger partial charge in [-0.2, -0.15) is 0 Å². The molecule has 66 valence electrons. The number of nitrogens with zero attached hydrogens (tertiary/aromatic N) is 2. The van der Waals surface area contributed by atoms with Crippen molar-refractivity contribution in [1.29, 1.82) is 0 Å². The van der Waals surface area contributed by atoms with Crippen LogP contribution in [-0.2, 0) is 13.0 Å². The maximum absolute atomic E-state index is 4.29. The van der Waals surface area contributed by atoms with E-state index in [1.54, 1.807) is 0 Å². The van der Waals surface area contributed by atoms with Crippen molar-refractivity contribution in [3.05, 3.63) is 18.2 Å². The molecule has 0 fully saturated rings. The number of hydrogen-bond acceptors (Lipinski definition) is 2. The summed E-state index contributed by atoms with van der Waals surface area (Å²) in [6.45, 7) is 2.26. The van der Waals surface area contributed by atoms with Gasteiger partial charge in [0.1, 0.15) is 5.82 Å². The Hall–Kier alpha value is -0.830. The molecule has 3 heteroatoms. The van der Waals surface area contributed by atoms with Crippen LogP contribution in [0.2, 0.25) is 0 Å². The van der Waals surface area contributed by atoms with E-state index in [2.05, 4.69) is 21.1 Å². The SMILES string of the molecule is CNCC1CCc2nccn2C1. The molecule has 1 aliphatic heterocycles. The predicted molar refractivity (Wildman–Crippen MR) is 48.0 cm³/mol. The molecule has 0 spiro atoms. The average molecular weight is 165 g/mol. The molecule has 1 aliphatic rings. The first-order valence-electron chi connectivity index (χ1n) is 4.55. The number of fused-ring (bicyclic) bond motifs is 1. The third-order valence-corrected chi connectivity index (χ3v) is 2.53. The van der Waals surface area contributed by atoms with E-state index in [4.69, 9.17) is 0 Å². The molecule has 0 aromatic carbocycles. The highest BCUT2D eigenvalue weighted by atomic mass is 15.1. The fourth-order valence-corrected chi connectivity index (χ4v) is 1.89. The Kier molecular flexibility index (Phi) is 2.13. The van der Waals surface area contributed by atoms with E-state index < -0.39 is 0 Å². The van der Waals surface area contributed by atoms with Crippen molar-refractivity contribution < 1.29 is 0 Å². The maximum atomic E-state index is 4.29. The van der Waals surface area contributed by atoms with Crippen molar-refractivity contribution in [3.63, 3.8) is 0 Å². The van der Waals surface area contributed by atoms with Gasteiger partial charge in [0.05, 0.1) is 0 Å². The number of hydrogen-bond donors (Lipinski definition) is 1. The normalized spacial score (nSPS) is 22.2. The van der Waals surface area contributed by atoms with Gasteiger partial charge >= 0.3 is 0 Å². The molecular formula is C9H15N3. The van der Waals surface area contributed by atoms with Gasteiger partial charge in [0, 0.05) is 25.4 Å². The highest BCUT2D eigenvalue weighted by Gasteiger charge is 2.17. The largest absolute Gasteiger partial charge is 0.335 e. The summed E-state index contributed by atoms with van der Waals surface area (Å²) in [5.74, 6) is 2.04. The maximum Gasteiger partial charge on any atom is 0.108 e. The zero-order valence-corrected chi connectivity index (χ0v) is 7.45. The third-order valence-electron chi connectivity index (χ3n) is 2.53. The van der Waals surface area contributed by atoms with E-state index in [1.807, 2.05) is 13.2 Å². The summed E-state index contributed by atoms with van der Waals surface area (Å²) in [7, 11) is 2.02. The number of nitrogens with one attached hydrogen (secondary N) is 1. The molecular weight excluding hydrogens is 150 g/mol. The van der Waals surface area contributed by atoms with Gasteiger partial charge in [0.25, 0.3) is 0 Å². The number of aryl methyl sites for hydroxylation is 1. The van der Waals surface area contributed by atoms with E-state index in [0.717, 1.165) is 25.4 Å². The van der Waals surface area contributed by atoms with Crippen LogP contribution >= 0.6 is 0 Å². The van der Waals surface area contributed by atoms with Crippen LogP contribution in [0.3, 0.4) is 0 Å². The van der Waals surface area contributed by atoms with Crippen LogP contribution in [0.1, 0.15) is 12.2 Å². The lowest BCUT2D eigenvalue weighted by molar-refractivity contribution is 0.356. The molecule has 1 atom stereocenters. The molecule has 0 saturated carbocycles. The molecule has 0 saturated heterocycles. The van der Waals surface area contributed by atoms with Crippen molar-refractivity contribution in [2.75, 3.05) is 13.6 Å². The van der Waals surface area contributed by atoms with Crippen LogP contribution in [0.5, 0.6) is 0 Å². The van der Waals surface area contributed by atoms with E-state index in [0.29, 0.717) is 0 Å². The molecule has 0 radical (unpaired) electrons. The summed E-state index contributed by atoms with van der Waals surface area (Å²) in [6, 6.07) is 0. The molecule has 1 N–H and O–H groups in total. The third kappa shape index (κ3) is 1.37. The average Bonchev–Trinajstić information content (AvgIpc) is 2.51. The molecule has 1 unspecified atom stereocenters. The Labute approximate surface area is 72.8 Å². The Balaban J connectivity index is 2.05. The van der Waals surface area contributed by atoms with Gasteiger partial charge in [-0.05, 0) is 25.9 Å². The quantitative estimate of drug-likeness (QED) is 0.698. The molecule has 0 aliphatic carbocycles. The van der Waals surface area contributed by atoms with Crippen molar-refractivity contribution in [2.45, 2.75) is 19.4 Å². The molecule has 3 nitrogen and oxygen atoms in total. The van der Waals surface area contributed by atoms with Crippen molar-refractivity contribution >= 4 is 0 Å². The summed E-state index contributed by atoms with van der Waals surface area (Å²) in [4.78, 5) is 4.29. The van der Waals surface area contributed by atoms with Crippen LogP contribution in [0.4, 0.5) is 0 Å². The summed E-state index contributed by atoms with van der Waals surface area (Å²) < 4.78 is 2.27. The molecule has 2 heterocycles. The second-order valence-corrected chi connectivity index (χ2v) is 3.46. The Morgan fingerprint density at radius 1 is 1.75 bits per heavy atom. The second kappa shape index (κ2) is 3.27. The van der Waals surface area contributed by atoms with Gasteiger partial charge < -0.3 is 9.88 Å². The zero-order chi connectivity index (χ0) is 8.39. The first-order valence-corrected chi connectivity index (χ1v) is 4.55. The van der Waals surface area contributed by atoms with Crippen molar-refractivity contribution in [1.82, 2.24) is 14.9 Å². The Bertz CT molecular complexity index is 254. The van der Waals surface area contributed by atoms with E-state index >= 15 is 0 Å². The Morgan fingerprint density at radius 2 is 2.67 bits per heavy atom. The van der Waals surface area contributed by atoms with Crippen LogP contribution in [0.15, 0.2) is 12.4 Å². The van der Waals surface area contributed by atoms with E-state index in [-0.39, 0.29) is 0 Å². The first kappa shape index (κ1) is 7.80. The van der Waals surface area contributed by atoms with Crippen LogP contribution < -0.4 is 5.32 Å². The highest BCUT2D eigenvalue weighted by molar-refractivity contribution is 4.96. The number of imidazole rings is 1. The number of rotatable bonds is 2. The highest BCUT2D eigenvalue weighted by Crippen LogP contribution is 2.17. The predicted octanol–water partition coefficient (Wildman–Crippen LogP) is 0.665.